The van der Waals surface area contributed by atoms with E-state index in [1.54, 1.807) is 30.6 Å². The zero-order valence-electron chi connectivity index (χ0n) is 16.0. The van der Waals surface area contributed by atoms with Gasteiger partial charge in [0.15, 0.2) is 0 Å². The fraction of sp³-hybridized carbons (Fsp3) is 0.350. The highest BCUT2D eigenvalue weighted by atomic mass is 16.5. The van der Waals surface area contributed by atoms with E-state index in [0.29, 0.717) is 23.6 Å². The molecule has 0 radical (unpaired) electrons. The lowest BCUT2D eigenvalue weighted by Gasteiger charge is -2.22. The maximum Gasteiger partial charge on any atom is 0.252 e. The van der Waals surface area contributed by atoms with Crippen LogP contribution in [-0.2, 0) is 11.3 Å². The Kier molecular flexibility index (Phi) is 7.16. The predicted octanol–water partition coefficient (Wildman–Crippen LogP) is 2.17. The number of carbonyl (C=O) groups excluding carboxylic acids is 2. The van der Waals surface area contributed by atoms with Crippen molar-refractivity contribution < 1.29 is 19.1 Å². The van der Waals surface area contributed by atoms with Crippen LogP contribution in [0.4, 0.5) is 0 Å². The van der Waals surface area contributed by atoms with Gasteiger partial charge in [-0.2, -0.15) is 0 Å². The second-order valence-corrected chi connectivity index (χ2v) is 6.37. The Morgan fingerprint density at radius 3 is 2.15 bits per heavy atom. The van der Waals surface area contributed by atoms with Crippen LogP contribution in [0.1, 0.15) is 29.8 Å². The summed E-state index contributed by atoms with van der Waals surface area (Å²) >= 11 is 0. The van der Waals surface area contributed by atoms with Gasteiger partial charge in [0.05, 0.1) is 14.2 Å². The summed E-state index contributed by atoms with van der Waals surface area (Å²) in [6.45, 7) is 4.12. The topological polar surface area (TPSA) is 89.5 Å². The number of nitrogens with zero attached hydrogens (tertiary/aromatic N) is 1. The third kappa shape index (κ3) is 5.70. The van der Waals surface area contributed by atoms with E-state index in [9.17, 15) is 9.59 Å². The third-order valence-corrected chi connectivity index (χ3v) is 4.07. The van der Waals surface area contributed by atoms with Crippen LogP contribution in [0.25, 0.3) is 0 Å². The molecule has 144 valence electrons. The van der Waals surface area contributed by atoms with Gasteiger partial charge in [-0.3, -0.25) is 14.6 Å². The largest absolute Gasteiger partial charge is 0.497 e. The Bertz CT molecular complexity index is 756. The molecule has 0 aliphatic heterocycles. The van der Waals surface area contributed by atoms with Gasteiger partial charge in [0.2, 0.25) is 5.91 Å². The Hall–Kier alpha value is -3.09. The summed E-state index contributed by atoms with van der Waals surface area (Å²) in [5.41, 5.74) is 1.29. The number of nitrogens with one attached hydrogen (secondary N) is 2. The number of aromatic nitrogens is 1. The molecular formula is C20H25N3O4. The molecular weight excluding hydrogens is 346 g/mol. The SMILES string of the molecule is COc1cc(OC)cc(C(=O)N[C@@H](C(=O)NCc2ccncc2)C(C)C)c1. The van der Waals surface area contributed by atoms with E-state index in [1.807, 2.05) is 26.0 Å². The molecule has 1 aromatic heterocycles. The number of ether oxygens (including phenoxy) is 2. The van der Waals surface area contributed by atoms with Gasteiger partial charge in [-0.1, -0.05) is 13.8 Å². The molecule has 0 aliphatic carbocycles. The van der Waals surface area contributed by atoms with Crippen molar-refractivity contribution in [2.24, 2.45) is 5.92 Å². The molecule has 0 fully saturated rings. The summed E-state index contributed by atoms with van der Waals surface area (Å²) in [6, 6.07) is 7.86. The van der Waals surface area contributed by atoms with Crippen molar-refractivity contribution in [3.05, 3.63) is 53.9 Å². The highest BCUT2D eigenvalue weighted by Gasteiger charge is 2.25. The molecule has 2 amide bonds. The monoisotopic (exact) mass is 371 g/mol. The highest BCUT2D eigenvalue weighted by Crippen LogP contribution is 2.22. The first-order valence-electron chi connectivity index (χ1n) is 8.65. The molecule has 2 aromatic rings. The maximum atomic E-state index is 12.7. The minimum Gasteiger partial charge on any atom is -0.497 e. The Labute approximate surface area is 159 Å². The van der Waals surface area contributed by atoms with E-state index < -0.39 is 6.04 Å². The summed E-state index contributed by atoms with van der Waals surface area (Å²) in [5.74, 6) is 0.305. The predicted molar refractivity (Wildman–Crippen MR) is 102 cm³/mol. The van der Waals surface area contributed by atoms with Crippen LogP contribution in [0.2, 0.25) is 0 Å². The lowest BCUT2D eigenvalue weighted by molar-refractivity contribution is -0.124. The molecule has 7 nitrogen and oxygen atoms in total. The van der Waals surface area contributed by atoms with Crippen LogP contribution < -0.4 is 20.1 Å². The van der Waals surface area contributed by atoms with Crippen LogP contribution >= 0.6 is 0 Å². The number of pyridine rings is 1. The number of carbonyl (C=O) groups is 2. The molecule has 0 saturated carbocycles. The van der Waals surface area contributed by atoms with Crippen LogP contribution in [0.15, 0.2) is 42.7 Å². The average molecular weight is 371 g/mol. The van der Waals surface area contributed by atoms with E-state index in [4.69, 9.17) is 9.47 Å². The van der Waals surface area contributed by atoms with Crippen LogP contribution in [0.3, 0.4) is 0 Å². The summed E-state index contributed by atoms with van der Waals surface area (Å²) in [7, 11) is 3.03. The van der Waals surface area contributed by atoms with Gasteiger partial charge in [-0.15, -0.1) is 0 Å². The summed E-state index contributed by atoms with van der Waals surface area (Å²) in [6.07, 6.45) is 3.33. The van der Waals surface area contributed by atoms with Gasteiger partial charge in [0.25, 0.3) is 5.91 Å². The molecule has 0 unspecified atom stereocenters. The number of benzene rings is 1. The van der Waals surface area contributed by atoms with Crippen LogP contribution in [-0.4, -0.2) is 37.1 Å². The first kappa shape index (κ1) is 20.2. The van der Waals surface area contributed by atoms with E-state index in [1.165, 1.54) is 14.2 Å². The number of rotatable bonds is 8. The van der Waals surface area contributed by atoms with Crippen molar-refractivity contribution in [1.29, 1.82) is 0 Å². The van der Waals surface area contributed by atoms with Gasteiger partial charge >= 0.3 is 0 Å². The minimum atomic E-state index is -0.670. The number of hydrogen-bond donors (Lipinski definition) is 2. The van der Waals surface area contributed by atoms with Crippen molar-refractivity contribution in [2.45, 2.75) is 26.4 Å². The van der Waals surface area contributed by atoms with Gasteiger partial charge < -0.3 is 20.1 Å². The van der Waals surface area contributed by atoms with Gasteiger partial charge in [-0.25, -0.2) is 0 Å². The van der Waals surface area contributed by atoms with E-state index >= 15 is 0 Å². The molecule has 1 heterocycles. The second kappa shape index (κ2) is 9.56. The highest BCUT2D eigenvalue weighted by molar-refractivity contribution is 5.98. The molecule has 2 N–H and O–H groups in total. The first-order chi connectivity index (χ1) is 12.9. The molecule has 2 rings (SSSR count). The second-order valence-electron chi connectivity index (χ2n) is 6.37. The molecule has 0 bridgehead atoms. The van der Waals surface area contributed by atoms with Crippen molar-refractivity contribution in [2.75, 3.05) is 14.2 Å². The third-order valence-electron chi connectivity index (χ3n) is 4.07. The van der Waals surface area contributed by atoms with Crippen LogP contribution in [0.5, 0.6) is 11.5 Å². The molecule has 0 aliphatic rings. The van der Waals surface area contributed by atoms with Gasteiger partial charge in [-0.05, 0) is 35.7 Å². The molecule has 0 saturated heterocycles. The lowest BCUT2D eigenvalue weighted by Crippen LogP contribution is -2.49. The quantitative estimate of drug-likeness (QED) is 0.742. The fourth-order valence-corrected chi connectivity index (χ4v) is 2.50. The van der Waals surface area contributed by atoms with Crippen molar-refractivity contribution in [3.8, 4) is 11.5 Å². The standard InChI is InChI=1S/C20H25N3O4/c1-13(2)18(20(25)22-12-14-5-7-21-8-6-14)23-19(24)15-9-16(26-3)11-17(10-15)27-4/h5-11,13,18H,12H2,1-4H3,(H,22,25)(H,23,24)/t18-/m1/s1. The lowest BCUT2D eigenvalue weighted by atomic mass is 10.0. The van der Waals surface area contributed by atoms with Gasteiger partial charge in [0, 0.05) is 30.6 Å². The summed E-state index contributed by atoms with van der Waals surface area (Å²) in [5, 5.41) is 5.65. The molecule has 1 atom stereocenters. The molecule has 27 heavy (non-hydrogen) atoms. The molecule has 0 spiro atoms. The van der Waals surface area contributed by atoms with E-state index in [-0.39, 0.29) is 17.7 Å². The summed E-state index contributed by atoms with van der Waals surface area (Å²) in [4.78, 5) is 29.2. The Morgan fingerprint density at radius 2 is 1.63 bits per heavy atom. The first-order valence-corrected chi connectivity index (χ1v) is 8.65. The van der Waals surface area contributed by atoms with Crippen LogP contribution in [0, 0.1) is 5.92 Å². The van der Waals surface area contributed by atoms with Crippen molar-refractivity contribution in [1.82, 2.24) is 15.6 Å². The van der Waals surface area contributed by atoms with Crippen molar-refractivity contribution in [3.63, 3.8) is 0 Å². The number of amides is 2. The van der Waals surface area contributed by atoms with Crippen molar-refractivity contribution >= 4 is 11.8 Å². The molecule has 7 heteroatoms. The average Bonchev–Trinajstić information content (AvgIpc) is 2.70. The van der Waals surface area contributed by atoms with E-state index in [0.717, 1.165) is 5.56 Å². The zero-order valence-corrected chi connectivity index (χ0v) is 16.0. The van der Waals surface area contributed by atoms with E-state index in [2.05, 4.69) is 15.6 Å². The number of methoxy groups -OCH3 is 2. The fourth-order valence-electron chi connectivity index (χ4n) is 2.50. The molecule has 1 aromatic carbocycles. The Morgan fingerprint density at radius 1 is 1.04 bits per heavy atom. The maximum absolute atomic E-state index is 12.7. The number of hydrogen-bond acceptors (Lipinski definition) is 5. The zero-order chi connectivity index (χ0) is 19.8. The smallest absolute Gasteiger partial charge is 0.252 e. The Balaban J connectivity index is 2.08. The summed E-state index contributed by atoms with van der Waals surface area (Å²) < 4.78 is 10.4. The van der Waals surface area contributed by atoms with Gasteiger partial charge in [0.1, 0.15) is 17.5 Å². The minimum absolute atomic E-state index is 0.0844. The normalized spacial score (nSPS) is 11.6.